The van der Waals surface area contributed by atoms with Gasteiger partial charge in [-0.1, -0.05) is 26.7 Å². The van der Waals surface area contributed by atoms with E-state index in [0.29, 0.717) is 0 Å². The van der Waals surface area contributed by atoms with Crippen LogP contribution >= 0.6 is 0 Å². The predicted octanol–water partition coefficient (Wildman–Crippen LogP) is 2.86. The highest BCUT2D eigenvalue weighted by atomic mass is 16.6. The van der Waals surface area contributed by atoms with Crippen LogP contribution in [-0.4, -0.2) is 22.6 Å². The molecule has 4 heteroatoms. The molecule has 0 aliphatic heterocycles. The lowest BCUT2D eigenvalue weighted by Gasteiger charge is -2.26. The van der Waals surface area contributed by atoms with Crippen LogP contribution in [0.2, 0.25) is 0 Å². The summed E-state index contributed by atoms with van der Waals surface area (Å²) in [5.74, 6) is -1.87. The molecule has 0 saturated heterocycles. The number of ether oxygens (including phenoxy) is 1. The lowest BCUT2D eigenvalue weighted by Crippen LogP contribution is -2.33. The summed E-state index contributed by atoms with van der Waals surface area (Å²) in [4.78, 5) is 22.7. The number of carbonyl (C=O) groups excluding carboxylic acids is 1. The second kappa shape index (κ2) is 6.62. The van der Waals surface area contributed by atoms with Crippen molar-refractivity contribution in [2.45, 2.75) is 59.5 Å². The Hall–Kier alpha value is -1.06. The number of esters is 1. The van der Waals surface area contributed by atoms with Crippen molar-refractivity contribution >= 4 is 11.9 Å². The van der Waals surface area contributed by atoms with Gasteiger partial charge in [-0.25, -0.2) is 0 Å². The Morgan fingerprint density at radius 1 is 1.29 bits per heavy atom. The molecule has 100 valence electrons. The molecule has 0 rings (SSSR count). The smallest absolute Gasteiger partial charge is 0.310 e. The maximum Gasteiger partial charge on any atom is 0.310 e. The number of carboxylic acids is 1. The van der Waals surface area contributed by atoms with Gasteiger partial charge in [0.15, 0.2) is 0 Å². The van der Waals surface area contributed by atoms with E-state index in [0.717, 1.165) is 12.8 Å². The third-order valence-electron chi connectivity index (χ3n) is 2.53. The van der Waals surface area contributed by atoms with Crippen LogP contribution in [0.1, 0.15) is 53.9 Å². The summed E-state index contributed by atoms with van der Waals surface area (Å²) in [6.07, 6.45) is 1.60. The van der Waals surface area contributed by atoms with Crippen molar-refractivity contribution in [3.63, 3.8) is 0 Å². The van der Waals surface area contributed by atoms with E-state index in [1.807, 2.05) is 13.8 Å². The molecule has 2 atom stereocenters. The van der Waals surface area contributed by atoms with Crippen molar-refractivity contribution in [1.82, 2.24) is 0 Å². The molecule has 0 heterocycles. The summed E-state index contributed by atoms with van der Waals surface area (Å²) in [7, 11) is 0. The molecule has 0 bridgehead atoms. The Kier molecular flexibility index (Phi) is 6.21. The van der Waals surface area contributed by atoms with Crippen LogP contribution in [0.25, 0.3) is 0 Å². The van der Waals surface area contributed by atoms with Gasteiger partial charge in [-0.2, -0.15) is 0 Å². The summed E-state index contributed by atoms with van der Waals surface area (Å²) in [5.41, 5.74) is -0.570. The molecule has 0 aromatic heterocycles. The number of hydrogen-bond donors (Lipinski definition) is 1. The fourth-order valence-corrected chi connectivity index (χ4v) is 1.74. The zero-order chi connectivity index (χ0) is 13.6. The first-order valence-electron chi connectivity index (χ1n) is 6.12. The highest BCUT2D eigenvalue weighted by Gasteiger charge is 2.31. The van der Waals surface area contributed by atoms with Gasteiger partial charge in [-0.05, 0) is 26.7 Å². The molecule has 1 N–H and O–H groups in total. The van der Waals surface area contributed by atoms with Crippen molar-refractivity contribution < 1.29 is 19.4 Å². The van der Waals surface area contributed by atoms with E-state index in [4.69, 9.17) is 9.84 Å². The highest BCUT2D eigenvalue weighted by molar-refractivity contribution is 5.79. The van der Waals surface area contributed by atoms with E-state index in [2.05, 4.69) is 0 Å². The van der Waals surface area contributed by atoms with Crippen molar-refractivity contribution in [1.29, 1.82) is 0 Å². The first-order valence-corrected chi connectivity index (χ1v) is 6.12. The molecule has 1 unspecified atom stereocenters. The third kappa shape index (κ3) is 6.97. The second-order valence-electron chi connectivity index (χ2n) is 5.50. The fourth-order valence-electron chi connectivity index (χ4n) is 1.74. The zero-order valence-corrected chi connectivity index (χ0v) is 11.4. The third-order valence-corrected chi connectivity index (χ3v) is 2.53. The summed E-state index contributed by atoms with van der Waals surface area (Å²) in [6, 6.07) is 0. The van der Waals surface area contributed by atoms with Crippen molar-refractivity contribution in [3.05, 3.63) is 0 Å². The maximum atomic E-state index is 11.9. The summed E-state index contributed by atoms with van der Waals surface area (Å²) in [6.45, 7) is 9.28. The van der Waals surface area contributed by atoms with Gasteiger partial charge < -0.3 is 9.84 Å². The van der Waals surface area contributed by atoms with Crippen LogP contribution in [-0.2, 0) is 14.3 Å². The quantitative estimate of drug-likeness (QED) is 0.730. The number of carbonyl (C=O) groups is 2. The van der Waals surface area contributed by atoms with Crippen molar-refractivity contribution in [2.24, 2.45) is 11.8 Å². The minimum absolute atomic E-state index is 0.0333. The fraction of sp³-hybridized carbons (Fsp3) is 0.846. The SMILES string of the molecule is CCCC(C)[C@@H](CC(=O)O)C(=O)OC(C)(C)C. The van der Waals surface area contributed by atoms with Gasteiger partial charge in [0.25, 0.3) is 0 Å². The molecule has 0 spiro atoms. The standard InChI is InChI=1S/C13H24O4/c1-6-7-9(2)10(8-11(14)15)12(16)17-13(3,4)5/h9-10H,6-8H2,1-5H3,(H,14,15)/t9?,10-/m1/s1. The van der Waals surface area contributed by atoms with Crippen LogP contribution in [0.15, 0.2) is 0 Å². The Balaban J connectivity index is 4.67. The van der Waals surface area contributed by atoms with E-state index in [9.17, 15) is 9.59 Å². The number of carboxylic acid groups (broad SMARTS) is 1. The molecule has 0 radical (unpaired) electrons. The zero-order valence-electron chi connectivity index (χ0n) is 11.4. The first-order chi connectivity index (χ1) is 7.67. The van der Waals surface area contributed by atoms with E-state index in [-0.39, 0.29) is 12.3 Å². The van der Waals surface area contributed by atoms with Crippen LogP contribution in [0.4, 0.5) is 0 Å². The van der Waals surface area contributed by atoms with E-state index in [1.165, 1.54) is 0 Å². The minimum Gasteiger partial charge on any atom is -0.481 e. The van der Waals surface area contributed by atoms with Crippen LogP contribution < -0.4 is 0 Å². The Bertz CT molecular complexity index is 265. The largest absolute Gasteiger partial charge is 0.481 e. The van der Waals surface area contributed by atoms with Gasteiger partial charge in [0.1, 0.15) is 5.60 Å². The average Bonchev–Trinajstić information content (AvgIpc) is 2.11. The van der Waals surface area contributed by atoms with Crippen molar-refractivity contribution in [3.8, 4) is 0 Å². The molecular weight excluding hydrogens is 220 g/mol. The number of aliphatic carboxylic acids is 1. The lowest BCUT2D eigenvalue weighted by atomic mass is 9.87. The molecule has 0 aliphatic rings. The monoisotopic (exact) mass is 244 g/mol. The molecule has 0 amide bonds. The van der Waals surface area contributed by atoms with Gasteiger partial charge in [0.2, 0.25) is 0 Å². The molecule has 0 aromatic rings. The van der Waals surface area contributed by atoms with Gasteiger partial charge in [-0.15, -0.1) is 0 Å². The summed E-state index contributed by atoms with van der Waals surface area (Å²) >= 11 is 0. The van der Waals surface area contributed by atoms with Gasteiger partial charge in [0, 0.05) is 0 Å². The maximum absolute atomic E-state index is 11.9. The molecular formula is C13H24O4. The van der Waals surface area contributed by atoms with Gasteiger partial charge >= 0.3 is 11.9 Å². The Morgan fingerprint density at radius 3 is 2.18 bits per heavy atom. The highest BCUT2D eigenvalue weighted by Crippen LogP contribution is 2.24. The molecule has 17 heavy (non-hydrogen) atoms. The van der Waals surface area contributed by atoms with Gasteiger partial charge in [-0.3, -0.25) is 9.59 Å². The Morgan fingerprint density at radius 2 is 1.82 bits per heavy atom. The first kappa shape index (κ1) is 15.9. The average molecular weight is 244 g/mol. The molecule has 0 aliphatic carbocycles. The molecule has 0 aromatic carbocycles. The summed E-state index contributed by atoms with van der Waals surface area (Å²) in [5, 5.41) is 8.84. The van der Waals surface area contributed by atoms with Crippen LogP contribution in [0.5, 0.6) is 0 Å². The van der Waals surface area contributed by atoms with Crippen LogP contribution in [0, 0.1) is 11.8 Å². The molecule has 0 fully saturated rings. The lowest BCUT2D eigenvalue weighted by molar-refractivity contribution is -0.165. The minimum atomic E-state index is -0.955. The second-order valence-corrected chi connectivity index (χ2v) is 5.50. The van der Waals surface area contributed by atoms with E-state index in [1.54, 1.807) is 20.8 Å². The van der Waals surface area contributed by atoms with Crippen LogP contribution in [0.3, 0.4) is 0 Å². The Labute approximate surface area is 103 Å². The van der Waals surface area contributed by atoms with E-state index < -0.39 is 23.5 Å². The topological polar surface area (TPSA) is 63.6 Å². The van der Waals surface area contributed by atoms with E-state index >= 15 is 0 Å². The van der Waals surface area contributed by atoms with Crippen molar-refractivity contribution in [2.75, 3.05) is 0 Å². The normalized spacial score (nSPS) is 15.1. The molecule has 0 saturated carbocycles. The number of hydrogen-bond acceptors (Lipinski definition) is 3. The summed E-state index contributed by atoms with van der Waals surface area (Å²) < 4.78 is 5.27. The number of rotatable bonds is 6. The molecule has 4 nitrogen and oxygen atoms in total. The predicted molar refractivity (Wildman–Crippen MR) is 65.7 cm³/mol. The van der Waals surface area contributed by atoms with Gasteiger partial charge in [0.05, 0.1) is 12.3 Å².